The summed E-state index contributed by atoms with van der Waals surface area (Å²) in [5.41, 5.74) is 34.7. The third-order valence-electron chi connectivity index (χ3n) is 19.0. The molecule has 0 bridgehead atoms. The number of aromatic nitrogens is 2. The molecule has 0 amide bonds. The first-order chi connectivity index (χ1) is 42.7. The molecule has 4 aliphatic rings. The summed E-state index contributed by atoms with van der Waals surface area (Å²) in [5.74, 6) is 0. The molecule has 2 heteroatoms. The van der Waals surface area contributed by atoms with E-state index in [4.69, 9.17) is 9.97 Å². The molecule has 0 saturated heterocycles. The van der Waals surface area contributed by atoms with Crippen molar-refractivity contribution in [1.29, 1.82) is 0 Å². The molecular formula is C84H56N2. The minimum absolute atomic E-state index is 0.418. The van der Waals surface area contributed by atoms with Gasteiger partial charge in [0.15, 0.2) is 0 Å². The normalized spacial score (nSPS) is 13.4. The van der Waals surface area contributed by atoms with Crippen molar-refractivity contribution < 1.29 is 0 Å². The Morgan fingerprint density at radius 3 is 0.721 bits per heavy atom. The van der Waals surface area contributed by atoms with Gasteiger partial charge in [-0.2, -0.15) is 0 Å². The average Bonchev–Trinajstić information content (AvgIpc) is 1.58. The molecule has 86 heavy (non-hydrogen) atoms. The van der Waals surface area contributed by atoms with Crippen molar-refractivity contribution in [2.24, 2.45) is 0 Å². The number of rotatable bonds is 6. The van der Waals surface area contributed by atoms with Crippen LogP contribution >= 0.6 is 0 Å². The van der Waals surface area contributed by atoms with Gasteiger partial charge in [-0.05, 0) is 135 Å². The molecule has 2 spiro atoms. The van der Waals surface area contributed by atoms with Gasteiger partial charge in [0, 0.05) is 22.3 Å². The highest BCUT2D eigenvalue weighted by atomic mass is 14.8. The molecule has 13 aromatic carbocycles. The highest BCUT2D eigenvalue weighted by molar-refractivity contribution is 6.04. The van der Waals surface area contributed by atoms with Crippen molar-refractivity contribution in [1.82, 2.24) is 9.97 Å². The van der Waals surface area contributed by atoms with E-state index in [9.17, 15) is 0 Å². The van der Waals surface area contributed by atoms with Gasteiger partial charge < -0.3 is 0 Å². The van der Waals surface area contributed by atoms with Crippen molar-refractivity contribution in [3.8, 4) is 112 Å². The van der Waals surface area contributed by atoms with Crippen LogP contribution in [0.5, 0.6) is 0 Å². The number of fused-ring (bicyclic) bond motifs is 21. The second-order valence-corrected chi connectivity index (χ2v) is 23.0. The SMILES string of the molecule is CC.c1ccc(-c2ccc(-c3ccccc3)c3nc(-c4ccc(-c5ccc6c(c5)C5(c7ccccc7-c7ccccc75)c5ccccc5-6)cc4)c(-c4ccc(-c5ccc6c(c5)C5(c7ccccc7-c7ccccc75)c5ccccc5-6)cc4)nc23)cc1. The van der Waals surface area contributed by atoms with Crippen LogP contribution in [0, 0.1) is 0 Å². The number of nitrogens with zero attached hydrogens (tertiary/aromatic N) is 2. The quantitative estimate of drug-likeness (QED) is 0.166. The van der Waals surface area contributed by atoms with E-state index >= 15 is 0 Å². The van der Waals surface area contributed by atoms with Crippen LogP contribution in [0.4, 0.5) is 0 Å². The molecule has 0 saturated carbocycles. The highest BCUT2D eigenvalue weighted by Gasteiger charge is 2.53. The zero-order valence-electron chi connectivity index (χ0n) is 47.8. The van der Waals surface area contributed by atoms with Crippen molar-refractivity contribution in [3.63, 3.8) is 0 Å². The molecule has 4 aliphatic carbocycles. The summed E-state index contributed by atoms with van der Waals surface area (Å²) >= 11 is 0. The number of benzene rings is 13. The van der Waals surface area contributed by atoms with Gasteiger partial charge in [0.2, 0.25) is 0 Å². The van der Waals surface area contributed by atoms with Gasteiger partial charge in [0.05, 0.1) is 33.3 Å². The summed E-state index contributed by atoms with van der Waals surface area (Å²) in [6.45, 7) is 4.00. The molecule has 0 aliphatic heterocycles. The molecule has 1 heterocycles. The van der Waals surface area contributed by atoms with E-state index in [1.165, 1.54) is 100 Å². The van der Waals surface area contributed by atoms with Crippen LogP contribution in [0.1, 0.15) is 58.4 Å². The average molecular weight is 1090 g/mol. The van der Waals surface area contributed by atoms with Gasteiger partial charge in [-0.15, -0.1) is 0 Å². The van der Waals surface area contributed by atoms with Crippen LogP contribution < -0.4 is 0 Å². The predicted molar refractivity (Wildman–Crippen MR) is 356 cm³/mol. The van der Waals surface area contributed by atoms with Gasteiger partial charge in [0.1, 0.15) is 0 Å². The molecular weight excluding hydrogens is 1040 g/mol. The Morgan fingerprint density at radius 2 is 0.419 bits per heavy atom. The largest absolute Gasteiger partial charge is 0.243 e. The molecule has 2 nitrogen and oxygen atoms in total. The van der Waals surface area contributed by atoms with Crippen molar-refractivity contribution in [3.05, 3.63) is 348 Å². The van der Waals surface area contributed by atoms with Crippen LogP contribution in [0.3, 0.4) is 0 Å². The fourth-order valence-corrected chi connectivity index (χ4v) is 15.4. The maximum atomic E-state index is 5.80. The van der Waals surface area contributed by atoms with E-state index in [1.54, 1.807) is 0 Å². The summed E-state index contributed by atoms with van der Waals surface area (Å²) in [6, 6.07) is 112. The Balaban J connectivity index is 0.00000286. The predicted octanol–water partition coefficient (Wildman–Crippen LogP) is 21.3. The molecule has 1 aromatic heterocycles. The molecule has 14 aromatic rings. The van der Waals surface area contributed by atoms with Gasteiger partial charge in [-0.1, -0.05) is 305 Å². The minimum atomic E-state index is -0.418. The topological polar surface area (TPSA) is 25.8 Å². The molecule has 0 atom stereocenters. The van der Waals surface area contributed by atoms with E-state index in [0.717, 1.165) is 66.9 Å². The first-order valence-electron chi connectivity index (χ1n) is 30.2. The van der Waals surface area contributed by atoms with Gasteiger partial charge in [-0.3, -0.25) is 0 Å². The van der Waals surface area contributed by atoms with Crippen LogP contribution in [0.15, 0.2) is 303 Å². The molecule has 402 valence electrons. The minimum Gasteiger partial charge on any atom is -0.243 e. The molecule has 0 N–H and O–H groups in total. The smallest absolute Gasteiger partial charge is 0.0979 e. The highest BCUT2D eigenvalue weighted by Crippen LogP contribution is 2.65. The lowest BCUT2D eigenvalue weighted by atomic mass is 9.70. The van der Waals surface area contributed by atoms with E-state index < -0.39 is 10.8 Å². The van der Waals surface area contributed by atoms with Crippen LogP contribution in [-0.2, 0) is 10.8 Å². The van der Waals surface area contributed by atoms with E-state index in [1.807, 2.05) is 13.8 Å². The zero-order valence-corrected chi connectivity index (χ0v) is 47.8. The second kappa shape index (κ2) is 19.4. The number of hydrogen-bond donors (Lipinski definition) is 0. The first kappa shape index (κ1) is 49.8. The zero-order chi connectivity index (χ0) is 57.1. The van der Waals surface area contributed by atoms with Crippen molar-refractivity contribution in [2.45, 2.75) is 24.7 Å². The van der Waals surface area contributed by atoms with Crippen LogP contribution in [-0.4, -0.2) is 9.97 Å². The molecule has 0 fully saturated rings. The molecule has 0 unspecified atom stereocenters. The standard InChI is InChI=1S/C82H50N2.C2H6/c1-3-19-53(20-4-1)59-47-48-60(54-21-5-2-6-22-54)80-79(59)83-77(55-39-35-51(36-40-55)57-43-45-67-65-27-11-17-33-73(65)81(75(67)49-57)69-29-13-7-23-61(69)62-24-8-14-30-70(62)81)78(84-80)56-41-37-52(38-42-56)58-44-46-68-66-28-12-18-34-74(66)82(76(68)50-58)71-31-15-9-25-63(71)64-26-10-16-32-72(64)82;1-2/h1-50H;1-2H3. The van der Waals surface area contributed by atoms with Crippen molar-refractivity contribution in [2.75, 3.05) is 0 Å². The van der Waals surface area contributed by atoms with Gasteiger partial charge >= 0.3 is 0 Å². The molecule has 18 rings (SSSR count). The van der Waals surface area contributed by atoms with Gasteiger partial charge in [0.25, 0.3) is 0 Å². The lowest BCUT2D eigenvalue weighted by Gasteiger charge is -2.30. The summed E-state index contributed by atoms with van der Waals surface area (Å²) in [5, 5.41) is 0. The Kier molecular flexibility index (Phi) is 11.2. The van der Waals surface area contributed by atoms with Crippen molar-refractivity contribution >= 4 is 11.0 Å². The summed E-state index contributed by atoms with van der Waals surface area (Å²) in [6.07, 6.45) is 0. The fraction of sp³-hybridized carbons (Fsp3) is 0.0476. The lowest BCUT2D eigenvalue weighted by molar-refractivity contribution is 0.794. The van der Waals surface area contributed by atoms with E-state index in [0.29, 0.717) is 0 Å². The van der Waals surface area contributed by atoms with E-state index in [-0.39, 0.29) is 0 Å². The Hall–Kier alpha value is -10.8. The lowest BCUT2D eigenvalue weighted by Crippen LogP contribution is -2.25. The molecule has 0 radical (unpaired) electrons. The summed E-state index contributed by atoms with van der Waals surface area (Å²) in [4.78, 5) is 11.6. The third-order valence-corrected chi connectivity index (χ3v) is 19.0. The van der Waals surface area contributed by atoms with E-state index in [2.05, 4.69) is 303 Å². The summed E-state index contributed by atoms with van der Waals surface area (Å²) < 4.78 is 0. The Bertz CT molecular complexity index is 4610. The second-order valence-electron chi connectivity index (χ2n) is 23.0. The fourth-order valence-electron chi connectivity index (χ4n) is 15.4. The van der Waals surface area contributed by atoms with Crippen LogP contribution in [0.25, 0.3) is 123 Å². The maximum Gasteiger partial charge on any atom is 0.0979 e. The number of hydrogen-bond acceptors (Lipinski definition) is 2. The first-order valence-corrected chi connectivity index (χ1v) is 30.2. The Morgan fingerprint density at radius 1 is 0.186 bits per heavy atom. The maximum absolute atomic E-state index is 5.80. The van der Waals surface area contributed by atoms with Gasteiger partial charge in [-0.25, -0.2) is 9.97 Å². The summed E-state index contributed by atoms with van der Waals surface area (Å²) in [7, 11) is 0. The van der Waals surface area contributed by atoms with Crippen LogP contribution in [0.2, 0.25) is 0 Å². The third kappa shape index (κ3) is 6.96. The monoisotopic (exact) mass is 1090 g/mol. The Labute approximate surface area is 502 Å².